The minimum Gasteiger partial charge on any atom is -0.493 e. The molecule has 0 aliphatic carbocycles. The van der Waals surface area contributed by atoms with Gasteiger partial charge in [0, 0.05) is 0 Å². The molecule has 0 heterocycles. The number of aliphatic hydroxyl groups is 1. The van der Waals surface area contributed by atoms with Gasteiger partial charge in [0.15, 0.2) is 17.1 Å². The van der Waals surface area contributed by atoms with Crippen LogP contribution in [0.25, 0.3) is 0 Å². The second-order valence-corrected chi connectivity index (χ2v) is 8.31. The Morgan fingerprint density at radius 3 is 2.00 bits per heavy atom. The zero-order valence-electron chi connectivity index (χ0n) is 20.4. The highest BCUT2D eigenvalue weighted by molar-refractivity contribution is 5.92. The van der Waals surface area contributed by atoms with Crippen molar-refractivity contribution in [3.8, 4) is 11.5 Å². The molecule has 0 aliphatic rings. The highest BCUT2D eigenvalue weighted by Gasteiger charge is 2.39. The summed E-state index contributed by atoms with van der Waals surface area (Å²) in [4.78, 5) is 25.6. The Hall–Kier alpha value is -4.75. The van der Waals surface area contributed by atoms with Crippen LogP contribution in [0, 0.1) is 6.92 Å². The molecular formula is C30H26N2O5. The first-order valence-corrected chi connectivity index (χ1v) is 11.6. The summed E-state index contributed by atoms with van der Waals surface area (Å²) in [5.41, 5.74) is 3.36. The summed E-state index contributed by atoms with van der Waals surface area (Å²) in [6.45, 7) is 1.94. The van der Waals surface area contributed by atoms with Crippen molar-refractivity contribution in [3.05, 3.63) is 131 Å². The van der Waals surface area contributed by atoms with Crippen LogP contribution >= 0.6 is 0 Å². The van der Waals surface area contributed by atoms with E-state index < -0.39 is 17.5 Å². The van der Waals surface area contributed by atoms with Gasteiger partial charge in [-0.2, -0.15) is 5.10 Å². The maximum Gasteiger partial charge on any atom is 0.343 e. The molecule has 37 heavy (non-hydrogen) atoms. The Kier molecular flexibility index (Phi) is 7.76. The van der Waals surface area contributed by atoms with Crippen LogP contribution in [0.15, 0.2) is 108 Å². The molecule has 7 heteroatoms. The lowest BCUT2D eigenvalue weighted by molar-refractivity contribution is -0.136. The van der Waals surface area contributed by atoms with Crippen molar-refractivity contribution in [2.24, 2.45) is 5.10 Å². The minimum atomic E-state index is -1.94. The smallest absolute Gasteiger partial charge is 0.343 e. The van der Waals surface area contributed by atoms with Crippen molar-refractivity contribution < 1.29 is 24.2 Å². The summed E-state index contributed by atoms with van der Waals surface area (Å²) in [7, 11) is 1.46. The van der Waals surface area contributed by atoms with E-state index in [0.29, 0.717) is 28.0 Å². The number of hydrazone groups is 1. The molecule has 0 aliphatic heterocycles. The predicted octanol–water partition coefficient (Wildman–Crippen LogP) is 4.61. The molecule has 0 saturated carbocycles. The minimum absolute atomic E-state index is 0.247. The van der Waals surface area contributed by atoms with Gasteiger partial charge in [-0.3, -0.25) is 4.79 Å². The van der Waals surface area contributed by atoms with Gasteiger partial charge in [0.2, 0.25) is 0 Å². The van der Waals surface area contributed by atoms with Crippen molar-refractivity contribution in [1.29, 1.82) is 0 Å². The van der Waals surface area contributed by atoms with Gasteiger partial charge in [0.05, 0.1) is 18.9 Å². The molecule has 4 aromatic rings. The Bertz CT molecular complexity index is 1360. The van der Waals surface area contributed by atoms with Crippen molar-refractivity contribution in [2.45, 2.75) is 12.5 Å². The maximum atomic E-state index is 13.2. The number of amides is 1. The van der Waals surface area contributed by atoms with Gasteiger partial charge in [-0.25, -0.2) is 10.2 Å². The topological polar surface area (TPSA) is 97.2 Å². The standard InChI is InChI=1S/C30H26N2O5/c1-21-13-16-23(17-14-21)28(33)37-26-18-15-22(19-27(26)36-2)20-31-32-29(34)30(35,24-9-5-3-6-10-24)25-11-7-4-8-12-25/h3-20,35H,1-2H3,(H,32,34)/b31-20-. The van der Waals surface area contributed by atoms with Gasteiger partial charge in [0.25, 0.3) is 5.91 Å². The van der Waals surface area contributed by atoms with Crippen LogP contribution in [0.4, 0.5) is 0 Å². The fourth-order valence-corrected chi connectivity index (χ4v) is 3.73. The van der Waals surface area contributed by atoms with Crippen molar-refractivity contribution >= 4 is 18.1 Å². The number of esters is 1. The number of carbonyl (C=O) groups excluding carboxylic acids is 2. The number of nitrogens with zero attached hydrogens (tertiary/aromatic N) is 1. The molecule has 0 unspecified atom stereocenters. The molecule has 0 atom stereocenters. The molecule has 1 amide bonds. The quantitative estimate of drug-likeness (QED) is 0.161. The number of hydrogen-bond donors (Lipinski definition) is 2. The third-order valence-electron chi connectivity index (χ3n) is 5.77. The lowest BCUT2D eigenvalue weighted by Gasteiger charge is -2.27. The largest absolute Gasteiger partial charge is 0.493 e. The molecule has 186 valence electrons. The second-order valence-electron chi connectivity index (χ2n) is 8.31. The zero-order valence-corrected chi connectivity index (χ0v) is 20.4. The van der Waals surface area contributed by atoms with Gasteiger partial charge in [-0.05, 0) is 53.9 Å². The second kappa shape index (κ2) is 11.3. The van der Waals surface area contributed by atoms with Crippen LogP contribution in [0.5, 0.6) is 11.5 Å². The van der Waals surface area contributed by atoms with E-state index in [1.165, 1.54) is 13.3 Å². The van der Waals surface area contributed by atoms with Crippen molar-refractivity contribution in [1.82, 2.24) is 5.43 Å². The van der Waals surface area contributed by atoms with Crippen LogP contribution in [0.2, 0.25) is 0 Å². The van der Waals surface area contributed by atoms with Crippen LogP contribution in [-0.2, 0) is 10.4 Å². The summed E-state index contributed by atoms with van der Waals surface area (Å²) < 4.78 is 10.9. The summed E-state index contributed by atoms with van der Waals surface area (Å²) in [5.74, 6) is -0.651. The fraction of sp³-hybridized carbons (Fsp3) is 0.100. The van der Waals surface area contributed by atoms with Crippen LogP contribution < -0.4 is 14.9 Å². The van der Waals surface area contributed by atoms with Crippen molar-refractivity contribution in [2.75, 3.05) is 7.11 Å². The van der Waals surface area contributed by atoms with E-state index in [0.717, 1.165) is 5.56 Å². The first-order chi connectivity index (χ1) is 17.9. The fourth-order valence-electron chi connectivity index (χ4n) is 3.73. The number of nitrogens with one attached hydrogen (secondary N) is 1. The van der Waals surface area contributed by atoms with E-state index in [1.54, 1.807) is 91.0 Å². The molecule has 0 bridgehead atoms. The van der Waals surface area contributed by atoms with Crippen LogP contribution in [0.3, 0.4) is 0 Å². The van der Waals surface area contributed by atoms with Crippen LogP contribution in [0.1, 0.15) is 32.6 Å². The summed E-state index contributed by atoms with van der Waals surface area (Å²) in [6.07, 6.45) is 1.41. The molecule has 0 spiro atoms. The SMILES string of the molecule is COc1cc(/C=N\NC(=O)C(O)(c2ccccc2)c2ccccc2)ccc1OC(=O)c1ccc(C)cc1. The third kappa shape index (κ3) is 5.74. The average molecular weight is 495 g/mol. The first kappa shape index (κ1) is 25.3. The highest BCUT2D eigenvalue weighted by atomic mass is 16.6. The number of carbonyl (C=O) groups is 2. The van der Waals surface area contributed by atoms with Crippen molar-refractivity contribution in [3.63, 3.8) is 0 Å². The van der Waals surface area contributed by atoms with Gasteiger partial charge in [0.1, 0.15) is 0 Å². The molecule has 4 aromatic carbocycles. The molecule has 0 saturated heterocycles. The molecule has 0 aromatic heterocycles. The average Bonchev–Trinajstić information content (AvgIpc) is 2.94. The Balaban J connectivity index is 1.50. The first-order valence-electron chi connectivity index (χ1n) is 11.6. The summed E-state index contributed by atoms with van der Waals surface area (Å²) in [5, 5.41) is 15.5. The van der Waals surface area contributed by atoms with Crippen LogP contribution in [-0.4, -0.2) is 30.3 Å². The van der Waals surface area contributed by atoms with E-state index in [2.05, 4.69) is 10.5 Å². The molecule has 4 rings (SSSR count). The number of hydrogen-bond acceptors (Lipinski definition) is 6. The normalized spacial score (nSPS) is 11.2. The molecule has 0 fully saturated rings. The Morgan fingerprint density at radius 2 is 1.43 bits per heavy atom. The highest BCUT2D eigenvalue weighted by Crippen LogP contribution is 2.30. The number of methoxy groups -OCH3 is 1. The summed E-state index contributed by atoms with van der Waals surface area (Å²) in [6, 6.07) is 29.2. The van der Waals surface area contributed by atoms with Gasteiger partial charge in [-0.15, -0.1) is 0 Å². The van der Waals surface area contributed by atoms with E-state index >= 15 is 0 Å². The predicted molar refractivity (Wildman–Crippen MR) is 141 cm³/mol. The van der Waals surface area contributed by atoms with E-state index in [1.807, 2.05) is 19.1 Å². The Labute approximate surface area is 215 Å². The van der Waals surface area contributed by atoms with Gasteiger partial charge >= 0.3 is 5.97 Å². The van der Waals surface area contributed by atoms with E-state index in [4.69, 9.17) is 9.47 Å². The monoisotopic (exact) mass is 494 g/mol. The Morgan fingerprint density at radius 1 is 0.838 bits per heavy atom. The number of benzene rings is 4. The summed E-state index contributed by atoms with van der Waals surface area (Å²) >= 11 is 0. The lowest BCUT2D eigenvalue weighted by Crippen LogP contribution is -2.43. The van der Waals surface area contributed by atoms with E-state index in [-0.39, 0.29) is 5.75 Å². The molecule has 7 nitrogen and oxygen atoms in total. The number of ether oxygens (including phenoxy) is 2. The van der Waals surface area contributed by atoms with Gasteiger partial charge in [-0.1, -0.05) is 78.4 Å². The van der Waals surface area contributed by atoms with E-state index in [9.17, 15) is 14.7 Å². The number of rotatable bonds is 8. The van der Waals surface area contributed by atoms with Gasteiger partial charge < -0.3 is 14.6 Å². The molecule has 0 radical (unpaired) electrons. The number of aryl methyl sites for hydroxylation is 1. The molecule has 2 N–H and O–H groups in total. The third-order valence-corrected chi connectivity index (χ3v) is 5.77. The lowest BCUT2D eigenvalue weighted by atomic mass is 9.85. The maximum absolute atomic E-state index is 13.2. The zero-order chi connectivity index (χ0) is 26.3. The molecular weight excluding hydrogens is 468 g/mol.